The molecule has 0 radical (unpaired) electrons. The first-order valence-corrected chi connectivity index (χ1v) is 7.21. The first-order valence-electron chi connectivity index (χ1n) is 7.21. The summed E-state index contributed by atoms with van der Waals surface area (Å²) in [5.74, 6) is 1.65. The lowest BCUT2D eigenvalue weighted by molar-refractivity contribution is -0.158. The van der Waals surface area contributed by atoms with E-state index in [0.29, 0.717) is 17.8 Å². The zero-order valence-electron chi connectivity index (χ0n) is 12.4. The Labute approximate surface area is 111 Å². The summed E-state index contributed by atoms with van der Waals surface area (Å²) >= 11 is 0. The average Bonchev–Trinajstić information content (AvgIpc) is 2.25. The van der Waals surface area contributed by atoms with Gasteiger partial charge in [-0.15, -0.1) is 0 Å². The minimum atomic E-state index is -0.245. The Hall–Kier alpha value is -0.570. The normalized spacial score (nSPS) is 28.7. The van der Waals surface area contributed by atoms with Gasteiger partial charge < -0.3 is 9.47 Å². The van der Waals surface area contributed by atoms with Crippen LogP contribution in [0.1, 0.15) is 53.9 Å². The van der Waals surface area contributed by atoms with Crippen molar-refractivity contribution in [1.29, 1.82) is 0 Å². The molecule has 1 aliphatic carbocycles. The van der Waals surface area contributed by atoms with Crippen LogP contribution in [0.3, 0.4) is 0 Å². The molecule has 0 spiro atoms. The van der Waals surface area contributed by atoms with Crippen molar-refractivity contribution in [2.24, 2.45) is 17.8 Å². The van der Waals surface area contributed by atoms with Crippen LogP contribution in [0.5, 0.6) is 0 Å². The van der Waals surface area contributed by atoms with Crippen LogP contribution in [0, 0.1) is 17.8 Å². The van der Waals surface area contributed by atoms with Crippen molar-refractivity contribution < 1.29 is 14.3 Å². The highest BCUT2D eigenvalue weighted by atomic mass is 16.6. The molecule has 0 aliphatic heterocycles. The Kier molecular flexibility index (Phi) is 6.13. The summed E-state index contributed by atoms with van der Waals surface area (Å²) in [4.78, 5) is 11.5. The molecule has 0 saturated heterocycles. The van der Waals surface area contributed by atoms with Gasteiger partial charge in [0.25, 0.3) is 0 Å². The third-order valence-corrected chi connectivity index (χ3v) is 3.74. The van der Waals surface area contributed by atoms with Crippen molar-refractivity contribution in [3.8, 4) is 0 Å². The maximum absolute atomic E-state index is 11.5. The molecule has 1 aliphatic rings. The fourth-order valence-corrected chi connectivity index (χ4v) is 2.78. The largest absolute Gasteiger partial charge is 0.461 e. The van der Waals surface area contributed by atoms with Crippen LogP contribution in [0.15, 0.2) is 0 Å². The molecular weight excluding hydrogens is 228 g/mol. The zero-order valence-corrected chi connectivity index (χ0v) is 12.4. The molecule has 1 rings (SSSR count). The molecule has 0 bridgehead atoms. The van der Waals surface area contributed by atoms with Crippen molar-refractivity contribution in [3.05, 3.63) is 0 Å². The lowest BCUT2D eigenvalue weighted by atomic mass is 9.75. The van der Waals surface area contributed by atoms with E-state index in [4.69, 9.17) is 9.47 Å². The molecule has 0 aromatic carbocycles. The minimum Gasteiger partial charge on any atom is -0.461 e. The predicted octanol–water partition coefficient (Wildman–Crippen LogP) is 3.42. The van der Waals surface area contributed by atoms with E-state index in [1.807, 2.05) is 13.8 Å². The third-order valence-electron chi connectivity index (χ3n) is 3.74. The number of hydrogen-bond acceptors (Lipinski definition) is 3. The SMILES string of the molecule is CC(C)OC(=O)CO[C@@H]1C[C@H](C)CC[C@H]1C(C)C. The van der Waals surface area contributed by atoms with E-state index in [9.17, 15) is 4.79 Å². The summed E-state index contributed by atoms with van der Waals surface area (Å²) in [5.41, 5.74) is 0. The fourth-order valence-electron chi connectivity index (χ4n) is 2.78. The van der Waals surface area contributed by atoms with Gasteiger partial charge in [-0.3, -0.25) is 0 Å². The average molecular weight is 256 g/mol. The quantitative estimate of drug-likeness (QED) is 0.707. The monoisotopic (exact) mass is 256 g/mol. The summed E-state index contributed by atoms with van der Waals surface area (Å²) in [7, 11) is 0. The highest BCUT2D eigenvalue weighted by molar-refractivity contribution is 5.70. The number of carbonyl (C=O) groups excluding carboxylic acids is 1. The number of esters is 1. The van der Waals surface area contributed by atoms with E-state index in [-0.39, 0.29) is 24.8 Å². The maximum atomic E-state index is 11.5. The first-order chi connectivity index (χ1) is 8.40. The van der Waals surface area contributed by atoms with E-state index >= 15 is 0 Å². The Morgan fingerprint density at radius 3 is 2.44 bits per heavy atom. The van der Waals surface area contributed by atoms with Gasteiger partial charge in [0.2, 0.25) is 0 Å². The number of rotatable bonds is 5. The zero-order chi connectivity index (χ0) is 13.7. The van der Waals surface area contributed by atoms with Gasteiger partial charge in [0, 0.05) is 0 Å². The van der Waals surface area contributed by atoms with Gasteiger partial charge in [0.15, 0.2) is 0 Å². The van der Waals surface area contributed by atoms with E-state index in [0.717, 1.165) is 6.42 Å². The number of ether oxygens (including phenoxy) is 2. The van der Waals surface area contributed by atoms with Gasteiger partial charge in [-0.1, -0.05) is 27.2 Å². The summed E-state index contributed by atoms with van der Waals surface area (Å²) in [6.07, 6.45) is 3.71. The van der Waals surface area contributed by atoms with Gasteiger partial charge in [-0.2, -0.15) is 0 Å². The van der Waals surface area contributed by atoms with Crippen molar-refractivity contribution in [2.45, 2.75) is 66.1 Å². The molecule has 0 heterocycles. The van der Waals surface area contributed by atoms with Gasteiger partial charge >= 0.3 is 5.97 Å². The van der Waals surface area contributed by atoms with Crippen LogP contribution >= 0.6 is 0 Å². The molecule has 18 heavy (non-hydrogen) atoms. The van der Waals surface area contributed by atoms with Crippen molar-refractivity contribution in [2.75, 3.05) is 6.61 Å². The molecule has 0 amide bonds. The van der Waals surface area contributed by atoms with Crippen LogP contribution in [-0.2, 0) is 14.3 Å². The Balaban J connectivity index is 2.43. The van der Waals surface area contributed by atoms with Gasteiger partial charge in [0.05, 0.1) is 12.2 Å². The van der Waals surface area contributed by atoms with Crippen LogP contribution in [0.4, 0.5) is 0 Å². The van der Waals surface area contributed by atoms with Gasteiger partial charge in [-0.05, 0) is 44.4 Å². The molecule has 3 atom stereocenters. The Morgan fingerprint density at radius 1 is 1.22 bits per heavy atom. The Bertz CT molecular complexity index is 260. The van der Waals surface area contributed by atoms with E-state index in [1.165, 1.54) is 12.8 Å². The molecule has 1 saturated carbocycles. The Morgan fingerprint density at radius 2 is 1.89 bits per heavy atom. The lowest BCUT2D eigenvalue weighted by Gasteiger charge is -2.36. The standard InChI is InChI=1S/C15H28O3/c1-10(2)13-7-6-12(5)8-14(13)17-9-15(16)18-11(3)4/h10-14H,6-9H2,1-5H3/t12-,13+,14-/m1/s1. The molecule has 3 nitrogen and oxygen atoms in total. The lowest BCUT2D eigenvalue weighted by Crippen LogP contribution is -2.36. The number of hydrogen-bond donors (Lipinski definition) is 0. The molecule has 0 N–H and O–H groups in total. The maximum Gasteiger partial charge on any atom is 0.332 e. The molecule has 106 valence electrons. The molecular formula is C15H28O3. The van der Waals surface area contributed by atoms with E-state index in [2.05, 4.69) is 20.8 Å². The predicted molar refractivity (Wildman–Crippen MR) is 72.3 cm³/mol. The van der Waals surface area contributed by atoms with Gasteiger partial charge in [-0.25, -0.2) is 4.79 Å². The topological polar surface area (TPSA) is 35.5 Å². The smallest absolute Gasteiger partial charge is 0.332 e. The molecule has 0 aromatic heterocycles. The van der Waals surface area contributed by atoms with Crippen LogP contribution in [-0.4, -0.2) is 24.8 Å². The second kappa shape index (κ2) is 7.13. The third kappa shape index (κ3) is 4.97. The van der Waals surface area contributed by atoms with Crippen molar-refractivity contribution >= 4 is 5.97 Å². The summed E-state index contributed by atoms with van der Waals surface area (Å²) in [6, 6.07) is 0. The van der Waals surface area contributed by atoms with Crippen LogP contribution in [0.25, 0.3) is 0 Å². The van der Waals surface area contributed by atoms with E-state index < -0.39 is 0 Å². The van der Waals surface area contributed by atoms with Crippen molar-refractivity contribution in [3.63, 3.8) is 0 Å². The second-order valence-electron chi connectivity index (χ2n) is 6.21. The van der Waals surface area contributed by atoms with Gasteiger partial charge in [0.1, 0.15) is 6.61 Å². The van der Waals surface area contributed by atoms with Crippen LogP contribution < -0.4 is 0 Å². The van der Waals surface area contributed by atoms with Crippen molar-refractivity contribution in [1.82, 2.24) is 0 Å². The first kappa shape index (κ1) is 15.5. The van der Waals surface area contributed by atoms with E-state index in [1.54, 1.807) is 0 Å². The summed E-state index contributed by atoms with van der Waals surface area (Å²) in [6.45, 7) is 10.6. The minimum absolute atomic E-state index is 0.0627. The summed E-state index contributed by atoms with van der Waals surface area (Å²) < 4.78 is 10.9. The molecule has 0 unspecified atom stereocenters. The molecule has 3 heteroatoms. The highest BCUT2D eigenvalue weighted by Gasteiger charge is 2.31. The highest BCUT2D eigenvalue weighted by Crippen LogP contribution is 2.35. The number of carbonyl (C=O) groups is 1. The molecule has 1 fully saturated rings. The van der Waals surface area contributed by atoms with Crippen LogP contribution in [0.2, 0.25) is 0 Å². The second-order valence-corrected chi connectivity index (χ2v) is 6.21. The fraction of sp³-hybridized carbons (Fsp3) is 0.933. The summed E-state index contributed by atoms with van der Waals surface area (Å²) in [5, 5.41) is 0. The molecule has 0 aromatic rings.